The third-order valence-electron chi connectivity index (χ3n) is 7.67. The highest BCUT2D eigenvalue weighted by Crippen LogP contribution is 2.26. The third kappa shape index (κ3) is 6.43. The lowest BCUT2D eigenvalue weighted by molar-refractivity contribution is -0.0593. The quantitative estimate of drug-likeness (QED) is 0.285. The molecule has 0 spiro atoms. The van der Waals surface area contributed by atoms with Crippen molar-refractivity contribution in [3.63, 3.8) is 0 Å². The lowest BCUT2D eigenvalue weighted by Crippen LogP contribution is -2.47. The van der Waals surface area contributed by atoms with Crippen molar-refractivity contribution >= 4 is 17.0 Å². The summed E-state index contributed by atoms with van der Waals surface area (Å²) in [6.45, 7) is 2.32. The van der Waals surface area contributed by atoms with Gasteiger partial charge in [-0.25, -0.2) is 23.5 Å². The largest absolute Gasteiger partial charge is 0.484 e. The number of benzene rings is 2. The maximum atomic E-state index is 15.4. The molecule has 43 heavy (non-hydrogen) atoms. The summed E-state index contributed by atoms with van der Waals surface area (Å²) in [6, 6.07) is 15.7. The van der Waals surface area contributed by atoms with Crippen LogP contribution in [0.5, 0.6) is 11.6 Å². The molecule has 0 aliphatic carbocycles. The molecule has 6 rings (SSSR count). The number of aromatic carboxylic acids is 1. The van der Waals surface area contributed by atoms with Crippen LogP contribution in [0.2, 0.25) is 0 Å². The number of fused-ring (bicyclic) bond motifs is 1. The smallest absolute Gasteiger partial charge is 0.335 e. The Labute approximate surface area is 246 Å². The molecule has 0 amide bonds. The molecule has 2 saturated heterocycles. The van der Waals surface area contributed by atoms with Crippen LogP contribution in [0.1, 0.15) is 40.3 Å². The van der Waals surface area contributed by atoms with Crippen LogP contribution in [-0.2, 0) is 24.4 Å². The Morgan fingerprint density at radius 3 is 2.74 bits per heavy atom. The Bertz CT molecular complexity index is 1690. The maximum Gasteiger partial charge on any atom is 0.335 e. The highest BCUT2D eigenvalue weighted by molar-refractivity contribution is 5.92. The first-order valence-electron chi connectivity index (χ1n) is 14.0. The second-order valence-corrected chi connectivity index (χ2v) is 10.6. The van der Waals surface area contributed by atoms with Crippen molar-refractivity contribution in [2.75, 3.05) is 19.7 Å². The molecule has 0 radical (unpaired) electrons. The van der Waals surface area contributed by atoms with Gasteiger partial charge in [-0.2, -0.15) is 5.26 Å². The van der Waals surface area contributed by atoms with E-state index in [0.717, 1.165) is 23.8 Å². The fourth-order valence-corrected chi connectivity index (χ4v) is 5.28. The molecule has 1 N–H and O–H groups in total. The van der Waals surface area contributed by atoms with Crippen molar-refractivity contribution in [2.24, 2.45) is 0 Å². The summed E-state index contributed by atoms with van der Waals surface area (Å²) in [4.78, 5) is 22.7. The molecule has 4 heterocycles. The number of likely N-dealkylation sites (tertiary alicyclic amines) is 1. The number of aromatic nitrogens is 3. The molecule has 2 aromatic carbocycles. The van der Waals surface area contributed by atoms with Crippen LogP contribution < -0.4 is 9.47 Å². The molecule has 12 heteroatoms. The second-order valence-electron chi connectivity index (χ2n) is 10.6. The van der Waals surface area contributed by atoms with E-state index in [1.54, 1.807) is 30.3 Å². The van der Waals surface area contributed by atoms with E-state index in [4.69, 9.17) is 24.5 Å². The number of rotatable bonds is 10. The summed E-state index contributed by atoms with van der Waals surface area (Å²) in [5, 5.41) is 18.4. The van der Waals surface area contributed by atoms with E-state index in [9.17, 15) is 14.3 Å². The van der Waals surface area contributed by atoms with Gasteiger partial charge in [0.05, 0.1) is 53.1 Å². The molecule has 2 aliphatic heterocycles. The van der Waals surface area contributed by atoms with Crippen molar-refractivity contribution < 1.29 is 32.9 Å². The van der Waals surface area contributed by atoms with Gasteiger partial charge in [-0.3, -0.25) is 4.90 Å². The molecule has 222 valence electrons. The average molecular weight is 590 g/mol. The first kappa shape index (κ1) is 28.5. The number of pyridine rings is 1. The number of nitrogens with zero attached hydrogens (tertiary/aromatic N) is 5. The van der Waals surface area contributed by atoms with Gasteiger partial charge < -0.3 is 23.9 Å². The fraction of sp³-hybridized carbons (Fsp3) is 0.355. The molecule has 2 aliphatic rings. The summed E-state index contributed by atoms with van der Waals surface area (Å²) < 4.78 is 48.6. The summed E-state index contributed by atoms with van der Waals surface area (Å²) in [5.74, 6) is -0.673. The van der Waals surface area contributed by atoms with Crippen LogP contribution >= 0.6 is 0 Å². The molecule has 0 bridgehead atoms. The number of piperidine rings is 1. The van der Waals surface area contributed by atoms with Gasteiger partial charge in [-0.1, -0.05) is 6.07 Å². The minimum atomic E-state index is -1.28. The molecule has 2 unspecified atom stereocenters. The normalized spacial score (nSPS) is 20.3. The molecule has 10 nitrogen and oxygen atoms in total. The highest BCUT2D eigenvalue weighted by atomic mass is 19.1. The Hall–Kier alpha value is -4.60. The number of carbonyl (C=O) groups is 1. The number of imidazole rings is 1. The standard InChI is InChI=1S/C31H29F2N5O5/c32-23-12-19(14-34)4-7-27(23)42-18-21-2-1-3-30(35-21)43-28-8-10-37(16-24(28)33)17-29-36-25-6-5-20(31(39)40)13-26(25)38(29)15-22-9-11-41-22/h1-7,12-13,22,24,28H,8-11,15-18H2,(H,39,40)/t22-,24?,28?/m0/s1. The van der Waals surface area contributed by atoms with Crippen molar-refractivity contribution in [3.05, 3.63) is 83.1 Å². The van der Waals surface area contributed by atoms with Crippen LogP contribution in [-0.4, -0.2) is 68.6 Å². The topological polar surface area (TPSA) is 123 Å². The van der Waals surface area contributed by atoms with Crippen LogP contribution in [0, 0.1) is 17.1 Å². The summed E-state index contributed by atoms with van der Waals surface area (Å²) >= 11 is 0. The van der Waals surface area contributed by atoms with Crippen molar-refractivity contribution in [2.45, 2.75) is 50.9 Å². The number of hydrogen-bond acceptors (Lipinski definition) is 8. The summed E-state index contributed by atoms with van der Waals surface area (Å²) in [7, 11) is 0. The summed E-state index contributed by atoms with van der Waals surface area (Å²) in [6.07, 6.45) is -0.601. The fourth-order valence-electron chi connectivity index (χ4n) is 5.28. The molecular formula is C31H29F2N5O5. The van der Waals surface area contributed by atoms with Gasteiger partial charge in [0, 0.05) is 32.2 Å². The first-order valence-corrected chi connectivity index (χ1v) is 14.0. The SMILES string of the molecule is N#Cc1ccc(OCc2cccc(OC3CCN(Cc4nc5ccc(C(=O)O)cc5n4C[C@@H]4CCO4)CC3F)n2)c(F)c1. The number of hydrogen-bond donors (Lipinski definition) is 1. The average Bonchev–Trinajstić information content (AvgIpc) is 3.31. The Morgan fingerprint density at radius 2 is 2.02 bits per heavy atom. The number of nitriles is 1. The van der Waals surface area contributed by atoms with E-state index in [1.165, 1.54) is 18.2 Å². The lowest BCUT2D eigenvalue weighted by Gasteiger charge is -2.34. The van der Waals surface area contributed by atoms with Gasteiger partial charge in [0.15, 0.2) is 11.6 Å². The van der Waals surface area contributed by atoms with Gasteiger partial charge in [-0.05, 0) is 48.9 Å². The third-order valence-corrected chi connectivity index (χ3v) is 7.67. The monoisotopic (exact) mass is 589 g/mol. The number of carboxylic acids is 1. The van der Waals surface area contributed by atoms with Crippen LogP contribution in [0.3, 0.4) is 0 Å². The molecule has 4 aromatic rings. The molecular weight excluding hydrogens is 560 g/mol. The number of alkyl halides is 1. The Balaban J connectivity index is 1.09. The minimum Gasteiger partial charge on any atom is -0.484 e. The number of ether oxygens (including phenoxy) is 3. The van der Waals surface area contributed by atoms with Gasteiger partial charge in [0.25, 0.3) is 0 Å². The van der Waals surface area contributed by atoms with E-state index >= 15 is 4.39 Å². The highest BCUT2D eigenvalue weighted by Gasteiger charge is 2.32. The molecule has 2 aromatic heterocycles. The van der Waals surface area contributed by atoms with Gasteiger partial charge in [-0.15, -0.1) is 0 Å². The van der Waals surface area contributed by atoms with E-state index in [-0.39, 0.29) is 42.0 Å². The minimum absolute atomic E-state index is 0.000571. The number of halogens is 2. The van der Waals surface area contributed by atoms with Crippen LogP contribution in [0.15, 0.2) is 54.6 Å². The molecule has 3 atom stereocenters. The Kier molecular flexibility index (Phi) is 8.18. The predicted molar refractivity (Wildman–Crippen MR) is 150 cm³/mol. The van der Waals surface area contributed by atoms with Gasteiger partial charge >= 0.3 is 5.97 Å². The van der Waals surface area contributed by atoms with E-state index in [2.05, 4.69) is 4.98 Å². The first-order chi connectivity index (χ1) is 20.9. The molecule has 2 fully saturated rings. The van der Waals surface area contributed by atoms with E-state index in [1.807, 2.05) is 15.5 Å². The number of carboxylic acid groups (broad SMARTS) is 1. The predicted octanol–water partition coefficient (Wildman–Crippen LogP) is 4.50. The van der Waals surface area contributed by atoms with Crippen molar-refractivity contribution in [1.82, 2.24) is 19.4 Å². The van der Waals surface area contributed by atoms with Gasteiger partial charge in [0.2, 0.25) is 5.88 Å². The van der Waals surface area contributed by atoms with Crippen LogP contribution in [0.4, 0.5) is 8.78 Å². The second kappa shape index (κ2) is 12.3. The summed E-state index contributed by atoms with van der Waals surface area (Å²) in [5.41, 5.74) is 2.27. The Morgan fingerprint density at radius 1 is 1.16 bits per heavy atom. The lowest BCUT2D eigenvalue weighted by atomic mass is 10.1. The molecule has 0 saturated carbocycles. The zero-order chi connectivity index (χ0) is 29.9. The van der Waals surface area contributed by atoms with Crippen LogP contribution in [0.25, 0.3) is 11.0 Å². The van der Waals surface area contributed by atoms with E-state index in [0.29, 0.717) is 43.9 Å². The van der Waals surface area contributed by atoms with Crippen molar-refractivity contribution in [3.8, 4) is 17.7 Å². The van der Waals surface area contributed by atoms with Gasteiger partial charge in [0.1, 0.15) is 24.7 Å². The van der Waals surface area contributed by atoms with Crippen molar-refractivity contribution in [1.29, 1.82) is 5.26 Å². The van der Waals surface area contributed by atoms with E-state index < -0.39 is 24.1 Å². The zero-order valence-electron chi connectivity index (χ0n) is 23.2. The maximum absolute atomic E-state index is 15.4. The zero-order valence-corrected chi connectivity index (χ0v) is 23.2.